The first-order valence-electron chi connectivity index (χ1n) is 4.28. The molecule has 0 spiro atoms. The summed E-state index contributed by atoms with van der Waals surface area (Å²) >= 11 is 0. The second-order valence-corrected chi connectivity index (χ2v) is 2.88. The van der Waals surface area contributed by atoms with Crippen molar-refractivity contribution >= 4 is 5.95 Å². The van der Waals surface area contributed by atoms with Crippen molar-refractivity contribution < 1.29 is 4.92 Å². The van der Waals surface area contributed by atoms with Crippen molar-refractivity contribution in [2.45, 2.75) is 0 Å². The zero-order valence-corrected chi connectivity index (χ0v) is 7.94. The fraction of sp³-hybridized carbons (Fsp3) is 0. The van der Waals surface area contributed by atoms with Gasteiger partial charge in [-0.15, -0.1) is 4.68 Å². The van der Waals surface area contributed by atoms with Crippen LogP contribution in [0.5, 0.6) is 0 Å². The largest absolute Gasteiger partial charge is 0.491 e. The highest BCUT2D eigenvalue weighted by Gasteiger charge is 2.15. The van der Waals surface area contributed by atoms with Crippen LogP contribution in [0.25, 0.3) is 5.69 Å². The minimum absolute atomic E-state index is 0.377. The van der Waals surface area contributed by atoms with Gasteiger partial charge in [0.05, 0.1) is 5.56 Å². The molecule has 2 rings (SSSR count). The van der Waals surface area contributed by atoms with E-state index < -0.39 is 10.9 Å². The van der Waals surface area contributed by atoms with Crippen molar-refractivity contribution in [2.75, 3.05) is 0 Å². The molecule has 0 saturated heterocycles. The van der Waals surface area contributed by atoms with Crippen molar-refractivity contribution in [1.82, 2.24) is 14.8 Å². The number of hydrogen-bond acceptors (Lipinski definition) is 5. The molecular weight excluding hydrogens is 210 g/mol. The van der Waals surface area contributed by atoms with Crippen molar-refractivity contribution in [3.63, 3.8) is 0 Å². The van der Waals surface area contributed by atoms with Gasteiger partial charge in [-0.25, -0.2) is 0 Å². The van der Waals surface area contributed by atoms with Crippen LogP contribution < -0.4 is 0 Å². The maximum Gasteiger partial charge on any atom is 0.491 e. The lowest BCUT2D eigenvalue weighted by atomic mass is 10.2. The maximum absolute atomic E-state index is 10.4. The summed E-state index contributed by atoms with van der Waals surface area (Å²) in [5.41, 5.74) is 0.841. The summed E-state index contributed by atoms with van der Waals surface area (Å²) < 4.78 is 1.21. The molecule has 1 heterocycles. The Morgan fingerprint density at radius 3 is 2.81 bits per heavy atom. The van der Waals surface area contributed by atoms with E-state index in [1.54, 1.807) is 24.3 Å². The Labute approximate surface area is 89.7 Å². The van der Waals surface area contributed by atoms with Crippen LogP contribution in [0, 0.1) is 21.4 Å². The number of nitrogens with zero attached hydrogens (tertiary/aromatic N) is 5. The summed E-state index contributed by atoms with van der Waals surface area (Å²) in [6.45, 7) is 0. The van der Waals surface area contributed by atoms with Gasteiger partial charge in [-0.05, 0) is 17.1 Å². The van der Waals surface area contributed by atoms with Crippen molar-refractivity contribution in [2.24, 2.45) is 0 Å². The normalized spacial score (nSPS) is 9.69. The predicted molar refractivity (Wildman–Crippen MR) is 52.7 cm³/mol. The van der Waals surface area contributed by atoms with E-state index in [0.29, 0.717) is 11.3 Å². The van der Waals surface area contributed by atoms with Crippen LogP contribution in [0.1, 0.15) is 5.56 Å². The molecular formula is C9H5N5O2. The van der Waals surface area contributed by atoms with E-state index in [0.717, 1.165) is 0 Å². The van der Waals surface area contributed by atoms with E-state index in [-0.39, 0.29) is 0 Å². The van der Waals surface area contributed by atoms with E-state index in [1.165, 1.54) is 11.0 Å². The summed E-state index contributed by atoms with van der Waals surface area (Å²) in [5.74, 6) is -0.493. The van der Waals surface area contributed by atoms with Crippen LogP contribution in [0.3, 0.4) is 0 Å². The summed E-state index contributed by atoms with van der Waals surface area (Å²) in [5, 5.41) is 22.9. The summed E-state index contributed by atoms with van der Waals surface area (Å²) in [6, 6.07) is 8.62. The third-order valence-electron chi connectivity index (χ3n) is 1.91. The SMILES string of the molecule is N#Cc1ccccc1-n1cnc([N+](=O)[O-])n1. The molecule has 7 heteroatoms. The van der Waals surface area contributed by atoms with Gasteiger partial charge < -0.3 is 10.1 Å². The molecule has 0 bridgehead atoms. The summed E-state index contributed by atoms with van der Waals surface area (Å²) in [7, 11) is 0. The molecule has 0 atom stereocenters. The predicted octanol–water partition coefficient (Wildman–Crippen LogP) is 1.05. The number of hydrogen-bond donors (Lipinski definition) is 0. The van der Waals surface area contributed by atoms with Gasteiger partial charge in [0.2, 0.25) is 6.33 Å². The third kappa shape index (κ3) is 1.59. The molecule has 7 nitrogen and oxygen atoms in total. The Balaban J connectivity index is 2.51. The standard InChI is InChI=1S/C9H5N5O2/c10-5-7-3-1-2-4-8(7)13-6-11-9(12-13)14(15)16/h1-4,6H. The Morgan fingerprint density at radius 1 is 1.44 bits per heavy atom. The molecule has 0 fully saturated rings. The molecule has 0 aliphatic heterocycles. The first kappa shape index (κ1) is 9.79. The molecule has 0 N–H and O–H groups in total. The maximum atomic E-state index is 10.4. The molecule has 0 aliphatic rings. The number of aromatic nitrogens is 3. The quantitative estimate of drug-likeness (QED) is 0.550. The number of para-hydroxylation sites is 1. The van der Waals surface area contributed by atoms with Gasteiger partial charge in [0.1, 0.15) is 11.8 Å². The van der Waals surface area contributed by atoms with Gasteiger partial charge in [0, 0.05) is 5.10 Å². The van der Waals surface area contributed by atoms with Crippen molar-refractivity contribution in [1.29, 1.82) is 5.26 Å². The van der Waals surface area contributed by atoms with E-state index >= 15 is 0 Å². The van der Waals surface area contributed by atoms with Gasteiger partial charge in [0.25, 0.3) is 0 Å². The van der Waals surface area contributed by atoms with Crippen molar-refractivity contribution in [3.05, 3.63) is 46.3 Å². The van der Waals surface area contributed by atoms with Crippen LogP contribution in [0.2, 0.25) is 0 Å². The monoisotopic (exact) mass is 215 g/mol. The van der Waals surface area contributed by atoms with Gasteiger partial charge >= 0.3 is 5.95 Å². The zero-order valence-electron chi connectivity index (χ0n) is 7.94. The van der Waals surface area contributed by atoms with Crippen LogP contribution in [-0.2, 0) is 0 Å². The van der Waals surface area contributed by atoms with Gasteiger partial charge in [-0.3, -0.25) is 0 Å². The van der Waals surface area contributed by atoms with Crippen LogP contribution >= 0.6 is 0 Å². The van der Waals surface area contributed by atoms with E-state index in [2.05, 4.69) is 10.1 Å². The molecule has 2 aromatic rings. The topological polar surface area (TPSA) is 97.6 Å². The molecule has 16 heavy (non-hydrogen) atoms. The second-order valence-electron chi connectivity index (χ2n) is 2.88. The minimum Gasteiger partial charge on any atom is -0.390 e. The highest BCUT2D eigenvalue weighted by molar-refractivity contribution is 5.47. The summed E-state index contributed by atoms with van der Waals surface area (Å²) in [6.07, 6.45) is 1.20. The van der Waals surface area contributed by atoms with E-state index in [4.69, 9.17) is 5.26 Å². The number of benzene rings is 1. The lowest BCUT2D eigenvalue weighted by molar-refractivity contribution is -0.394. The van der Waals surface area contributed by atoms with E-state index in [9.17, 15) is 10.1 Å². The number of nitro groups is 1. The van der Waals surface area contributed by atoms with Gasteiger partial charge in [0.15, 0.2) is 0 Å². The Bertz CT molecular complexity index is 584. The molecule has 1 aromatic heterocycles. The van der Waals surface area contributed by atoms with Crippen LogP contribution in [-0.4, -0.2) is 19.7 Å². The highest BCUT2D eigenvalue weighted by Crippen LogP contribution is 2.13. The average molecular weight is 215 g/mol. The minimum atomic E-state index is -0.689. The number of rotatable bonds is 2. The molecule has 0 saturated carbocycles. The fourth-order valence-corrected chi connectivity index (χ4v) is 1.22. The first-order chi connectivity index (χ1) is 7.72. The lowest BCUT2D eigenvalue weighted by Crippen LogP contribution is -1.99. The first-order valence-corrected chi connectivity index (χ1v) is 4.28. The van der Waals surface area contributed by atoms with Gasteiger partial charge in [-0.1, -0.05) is 17.1 Å². The Kier molecular flexibility index (Phi) is 2.31. The molecule has 0 radical (unpaired) electrons. The fourth-order valence-electron chi connectivity index (χ4n) is 1.22. The van der Waals surface area contributed by atoms with Crippen LogP contribution in [0.4, 0.5) is 5.95 Å². The number of nitriles is 1. The molecule has 0 aliphatic carbocycles. The Morgan fingerprint density at radius 2 is 2.19 bits per heavy atom. The summed E-state index contributed by atoms with van der Waals surface area (Å²) in [4.78, 5) is 13.2. The molecule has 0 amide bonds. The van der Waals surface area contributed by atoms with Gasteiger partial charge in [-0.2, -0.15) is 5.26 Å². The molecule has 78 valence electrons. The second kappa shape index (κ2) is 3.78. The Hall–Kier alpha value is -2.75. The molecule has 1 aromatic carbocycles. The molecule has 0 unspecified atom stereocenters. The van der Waals surface area contributed by atoms with Crippen LogP contribution in [0.15, 0.2) is 30.6 Å². The lowest BCUT2D eigenvalue weighted by Gasteiger charge is -1.97. The smallest absolute Gasteiger partial charge is 0.390 e. The highest BCUT2D eigenvalue weighted by atomic mass is 16.6. The van der Waals surface area contributed by atoms with E-state index in [1.807, 2.05) is 6.07 Å². The van der Waals surface area contributed by atoms with Crippen molar-refractivity contribution in [3.8, 4) is 11.8 Å². The average Bonchev–Trinajstić information content (AvgIpc) is 2.78. The zero-order chi connectivity index (χ0) is 11.5. The third-order valence-corrected chi connectivity index (χ3v) is 1.91.